The Morgan fingerprint density at radius 1 is 1.11 bits per heavy atom. The van der Waals surface area contributed by atoms with Crippen molar-refractivity contribution in [2.24, 2.45) is 4.99 Å². The Morgan fingerprint density at radius 3 is 2.56 bits per heavy atom. The third kappa shape index (κ3) is 3.87. The number of nitrogens with one attached hydrogen (secondary N) is 2. The van der Waals surface area contributed by atoms with E-state index < -0.39 is 29.0 Å². The summed E-state index contributed by atoms with van der Waals surface area (Å²) >= 11 is 0. The van der Waals surface area contributed by atoms with E-state index in [2.05, 4.69) is 20.6 Å². The first kappa shape index (κ1) is 23.8. The quantitative estimate of drug-likeness (QED) is 0.561. The highest BCUT2D eigenvalue weighted by Crippen LogP contribution is 2.36. The summed E-state index contributed by atoms with van der Waals surface area (Å²) in [5, 5.41) is 5.76. The van der Waals surface area contributed by atoms with Crippen molar-refractivity contribution >= 4 is 40.3 Å². The van der Waals surface area contributed by atoms with Crippen LogP contribution in [0.25, 0.3) is 10.9 Å². The summed E-state index contributed by atoms with van der Waals surface area (Å²) in [5.74, 6) is -3.16. The van der Waals surface area contributed by atoms with Crippen LogP contribution < -0.4 is 21.2 Å². The molecule has 12 heteroatoms. The van der Waals surface area contributed by atoms with Crippen LogP contribution in [0.5, 0.6) is 0 Å². The normalized spacial score (nSPS) is 15.3. The standard InChI is InChI=1S/C24H24F3N7O2/c1-3-34-22-17-15(29-12-30-22)10-13(18(25)21(17)31-24(34)36)11-32-6-8-33(9-7-32)16-5-4-14(23(35)28-2)19(26)20(16)27/h4-5,10,12H,3,6-9,11H2,1-2H3,(H,28,35)(H,29,30). The van der Waals surface area contributed by atoms with E-state index in [9.17, 15) is 18.4 Å². The summed E-state index contributed by atoms with van der Waals surface area (Å²) in [6.45, 7) is 4.11. The molecule has 188 valence electrons. The van der Waals surface area contributed by atoms with E-state index in [0.717, 1.165) is 0 Å². The maximum Gasteiger partial charge on any atom is 0.349 e. The number of carbonyl (C=O) groups excluding carboxylic acids is 1. The Balaban J connectivity index is 1.36. The van der Waals surface area contributed by atoms with Gasteiger partial charge in [-0.05, 0) is 25.1 Å². The lowest BCUT2D eigenvalue weighted by atomic mass is 10.1. The average Bonchev–Trinajstić information content (AvgIpc) is 2.88. The largest absolute Gasteiger partial charge is 0.367 e. The highest BCUT2D eigenvalue weighted by atomic mass is 19.2. The fourth-order valence-electron chi connectivity index (χ4n) is 4.70. The highest BCUT2D eigenvalue weighted by Gasteiger charge is 2.26. The number of carbonyl (C=O) groups is 1. The lowest BCUT2D eigenvalue weighted by Gasteiger charge is -2.36. The number of hydrogen-bond donors (Lipinski definition) is 2. The highest BCUT2D eigenvalue weighted by molar-refractivity contribution is 6.06. The van der Waals surface area contributed by atoms with Gasteiger partial charge in [-0.15, -0.1) is 0 Å². The first-order chi connectivity index (χ1) is 17.3. The van der Waals surface area contributed by atoms with E-state index in [0.29, 0.717) is 55.2 Å². The van der Waals surface area contributed by atoms with Gasteiger partial charge in [0, 0.05) is 51.9 Å². The van der Waals surface area contributed by atoms with Crippen LogP contribution in [-0.4, -0.2) is 59.9 Å². The topological polar surface area (TPSA) is 94.9 Å². The van der Waals surface area contributed by atoms with Gasteiger partial charge in [-0.3, -0.25) is 14.3 Å². The number of hydrogen-bond acceptors (Lipinski definition) is 7. The van der Waals surface area contributed by atoms with Crippen molar-refractivity contribution in [3.63, 3.8) is 0 Å². The van der Waals surface area contributed by atoms with Gasteiger partial charge in [0.2, 0.25) is 0 Å². The van der Waals surface area contributed by atoms with Gasteiger partial charge >= 0.3 is 5.69 Å². The molecule has 0 bridgehead atoms. The maximum atomic E-state index is 15.5. The smallest absolute Gasteiger partial charge is 0.349 e. The van der Waals surface area contributed by atoms with Gasteiger partial charge in [-0.2, -0.15) is 4.98 Å². The van der Waals surface area contributed by atoms with Crippen LogP contribution in [-0.2, 0) is 13.1 Å². The van der Waals surface area contributed by atoms with E-state index in [1.54, 1.807) is 17.9 Å². The van der Waals surface area contributed by atoms with Crippen molar-refractivity contribution in [1.82, 2.24) is 19.8 Å². The van der Waals surface area contributed by atoms with Crippen molar-refractivity contribution in [3.8, 4) is 0 Å². The fraction of sp³-hybridized carbons (Fsp3) is 0.333. The lowest BCUT2D eigenvalue weighted by molar-refractivity contribution is 0.0958. The predicted molar refractivity (Wildman–Crippen MR) is 131 cm³/mol. The van der Waals surface area contributed by atoms with Gasteiger partial charge in [-0.25, -0.2) is 23.0 Å². The summed E-state index contributed by atoms with van der Waals surface area (Å²) in [7, 11) is 1.35. The molecular formula is C24H24F3N7O2. The van der Waals surface area contributed by atoms with Crippen LogP contribution in [0.15, 0.2) is 28.0 Å². The molecule has 5 rings (SSSR count). The van der Waals surface area contributed by atoms with E-state index in [1.807, 2.05) is 4.90 Å². The fourth-order valence-corrected chi connectivity index (χ4v) is 4.70. The summed E-state index contributed by atoms with van der Waals surface area (Å²) in [6, 6.07) is 4.35. The molecule has 0 atom stereocenters. The minimum Gasteiger partial charge on any atom is -0.367 e. The van der Waals surface area contributed by atoms with E-state index in [4.69, 9.17) is 0 Å². The van der Waals surface area contributed by atoms with Gasteiger partial charge in [0.25, 0.3) is 5.91 Å². The molecular weight excluding hydrogens is 475 g/mol. The molecule has 0 spiro atoms. The molecule has 1 saturated heterocycles. The summed E-state index contributed by atoms with van der Waals surface area (Å²) in [5.41, 5.74) is 0.125. The Labute approximate surface area is 204 Å². The molecule has 2 N–H and O–H groups in total. The number of piperazine rings is 1. The summed E-state index contributed by atoms with van der Waals surface area (Å²) in [4.78, 5) is 36.0. The van der Waals surface area contributed by atoms with Crippen LogP contribution >= 0.6 is 0 Å². The molecule has 0 unspecified atom stereocenters. The maximum absolute atomic E-state index is 15.5. The Bertz CT molecular complexity index is 1460. The van der Waals surface area contributed by atoms with Gasteiger partial charge < -0.3 is 15.5 Å². The van der Waals surface area contributed by atoms with Crippen LogP contribution in [0.3, 0.4) is 0 Å². The first-order valence-corrected chi connectivity index (χ1v) is 11.6. The van der Waals surface area contributed by atoms with Crippen molar-refractivity contribution in [1.29, 1.82) is 0 Å². The second-order valence-electron chi connectivity index (χ2n) is 8.59. The number of anilines is 2. The molecule has 2 aliphatic heterocycles. The Hall–Kier alpha value is -3.93. The van der Waals surface area contributed by atoms with Crippen molar-refractivity contribution in [2.75, 3.05) is 43.4 Å². The zero-order valence-corrected chi connectivity index (χ0v) is 19.7. The Kier molecular flexibility index (Phi) is 6.12. The number of amides is 1. The second-order valence-corrected chi connectivity index (χ2v) is 8.59. The molecule has 1 amide bonds. The monoisotopic (exact) mass is 499 g/mol. The van der Waals surface area contributed by atoms with Crippen molar-refractivity contribution in [2.45, 2.75) is 20.0 Å². The molecule has 1 fully saturated rings. The molecule has 1 aromatic heterocycles. The third-order valence-corrected chi connectivity index (χ3v) is 6.60. The molecule has 3 heterocycles. The number of halogens is 3. The number of nitrogens with zero attached hydrogens (tertiary/aromatic N) is 5. The second kappa shape index (κ2) is 9.26. The van der Waals surface area contributed by atoms with E-state index in [1.165, 1.54) is 30.1 Å². The van der Waals surface area contributed by atoms with Crippen molar-refractivity contribution < 1.29 is 18.0 Å². The number of aromatic nitrogens is 2. The van der Waals surface area contributed by atoms with Crippen LogP contribution in [0, 0.1) is 17.5 Å². The van der Waals surface area contributed by atoms with Crippen molar-refractivity contribution in [3.05, 3.63) is 57.3 Å². The molecule has 3 aromatic rings. The van der Waals surface area contributed by atoms with Gasteiger partial charge in [0.1, 0.15) is 11.3 Å². The number of aliphatic imine (C=N–C) groups is 1. The van der Waals surface area contributed by atoms with Crippen LogP contribution in [0.2, 0.25) is 0 Å². The molecule has 2 aromatic carbocycles. The lowest BCUT2D eigenvalue weighted by Crippen LogP contribution is -2.46. The van der Waals surface area contributed by atoms with E-state index in [-0.39, 0.29) is 23.3 Å². The number of benzene rings is 2. The van der Waals surface area contributed by atoms with E-state index >= 15 is 4.39 Å². The Morgan fingerprint density at radius 2 is 1.86 bits per heavy atom. The third-order valence-electron chi connectivity index (χ3n) is 6.60. The molecule has 0 aliphatic carbocycles. The molecule has 0 radical (unpaired) electrons. The molecule has 0 saturated carbocycles. The van der Waals surface area contributed by atoms with Gasteiger partial charge in [0.15, 0.2) is 17.5 Å². The molecule has 2 aliphatic rings. The van der Waals surface area contributed by atoms with Gasteiger partial charge in [-0.1, -0.05) is 0 Å². The van der Waals surface area contributed by atoms with Crippen LogP contribution in [0.1, 0.15) is 22.8 Å². The number of rotatable bonds is 5. The summed E-state index contributed by atoms with van der Waals surface area (Å²) < 4.78 is 46.0. The predicted octanol–water partition coefficient (Wildman–Crippen LogP) is 2.60. The van der Waals surface area contributed by atoms with Gasteiger partial charge in [0.05, 0.1) is 28.7 Å². The summed E-state index contributed by atoms with van der Waals surface area (Å²) in [6.07, 6.45) is 1.46. The first-order valence-electron chi connectivity index (χ1n) is 11.6. The SMILES string of the molecule is CCn1c2c3c(cc(CN4CCN(c5ccc(C(=O)NC)c(F)c5F)CC4)c(F)c3nc1=O)NC=N2. The minimum atomic E-state index is -1.19. The average molecular weight is 499 g/mol. The molecule has 9 nitrogen and oxygen atoms in total. The zero-order valence-electron chi connectivity index (χ0n) is 19.7. The minimum absolute atomic E-state index is 0.0241. The zero-order chi connectivity index (χ0) is 25.6. The molecule has 36 heavy (non-hydrogen) atoms. The van der Waals surface area contributed by atoms with Crippen LogP contribution in [0.4, 0.5) is 30.4 Å².